The molecule has 5 nitrogen and oxygen atoms in total. The number of halogens is 1. The predicted molar refractivity (Wildman–Crippen MR) is 68.3 cm³/mol. The van der Waals surface area contributed by atoms with E-state index < -0.39 is 23.0 Å². The van der Waals surface area contributed by atoms with E-state index in [1.54, 1.807) is 4.90 Å². The number of amides is 2. The number of likely N-dealkylation sites (N-methyl/N-ethyl adjacent to an activating group) is 1. The minimum absolute atomic E-state index is 0.228. The second-order valence-electron chi connectivity index (χ2n) is 3.88. The highest BCUT2D eigenvalue weighted by Crippen LogP contribution is 2.19. The van der Waals surface area contributed by atoms with Crippen LogP contribution in [0.2, 0.25) is 0 Å². The van der Waals surface area contributed by atoms with Crippen molar-refractivity contribution in [3.8, 4) is 5.75 Å². The summed E-state index contributed by atoms with van der Waals surface area (Å²) in [6.07, 6.45) is 0. The van der Waals surface area contributed by atoms with E-state index in [1.165, 1.54) is 12.1 Å². The molecule has 0 bridgehead atoms. The van der Waals surface area contributed by atoms with Gasteiger partial charge in [0.25, 0.3) is 5.91 Å². The van der Waals surface area contributed by atoms with E-state index in [4.69, 9.17) is 0 Å². The number of aromatic hydroxyl groups is 1. The number of nitrogens with zero attached hydrogens (tertiary/aromatic N) is 1. The summed E-state index contributed by atoms with van der Waals surface area (Å²) in [6.45, 7) is 4.50. The van der Waals surface area contributed by atoms with E-state index in [2.05, 4.69) is 5.32 Å². The van der Waals surface area contributed by atoms with Gasteiger partial charge in [0.15, 0.2) is 0 Å². The molecule has 1 aromatic carbocycles. The van der Waals surface area contributed by atoms with Crippen molar-refractivity contribution in [2.24, 2.45) is 0 Å². The second-order valence-corrected chi connectivity index (χ2v) is 3.88. The first-order chi connectivity index (χ1) is 9.01. The first-order valence-electron chi connectivity index (χ1n) is 6.04. The molecule has 0 aliphatic carbocycles. The van der Waals surface area contributed by atoms with Gasteiger partial charge in [0, 0.05) is 13.1 Å². The lowest BCUT2D eigenvalue weighted by atomic mass is 10.1. The van der Waals surface area contributed by atoms with Gasteiger partial charge in [-0.15, -0.1) is 0 Å². The maximum absolute atomic E-state index is 13.4. The van der Waals surface area contributed by atoms with Crippen LogP contribution in [0.5, 0.6) is 5.75 Å². The third-order valence-corrected chi connectivity index (χ3v) is 2.73. The molecule has 1 rings (SSSR count). The van der Waals surface area contributed by atoms with Gasteiger partial charge in [0.1, 0.15) is 17.1 Å². The zero-order valence-electron chi connectivity index (χ0n) is 10.9. The molecule has 6 heteroatoms. The molecule has 0 unspecified atom stereocenters. The second kappa shape index (κ2) is 6.72. The van der Waals surface area contributed by atoms with Crippen molar-refractivity contribution >= 4 is 11.8 Å². The molecule has 0 aliphatic heterocycles. The molecule has 0 fully saturated rings. The van der Waals surface area contributed by atoms with Gasteiger partial charge in [0.2, 0.25) is 5.91 Å². The SMILES string of the molecule is CCN(CC)C(=O)CNC(=O)c1c(O)cccc1F. The Morgan fingerprint density at radius 2 is 1.95 bits per heavy atom. The average molecular weight is 268 g/mol. The average Bonchev–Trinajstić information content (AvgIpc) is 2.37. The first kappa shape index (κ1) is 14.9. The van der Waals surface area contributed by atoms with Crippen molar-refractivity contribution in [2.75, 3.05) is 19.6 Å². The van der Waals surface area contributed by atoms with Gasteiger partial charge < -0.3 is 15.3 Å². The molecular weight excluding hydrogens is 251 g/mol. The highest BCUT2D eigenvalue weighted by Gasteiger charge is 2.18. The summed E-state index contributed by atoms with van der Waals surface area (Å²) in [7, 11) is 0. The lowest BCUT2D eigenvalue weighted by Gasteiger charge is -2.18. The van der Waals surface area contributed by atoms with Crippen LogP contribution in [0.25, 0.3) is 0 Å². The van der Waals surface area contributed by atoms with E-state index in [1.807, 2.05) is 13.8 Å². The highest BCUT2D eigenvalue weighted by atomic mass is 19.1. The standard InChI is InChI=1S/C13H17FN2O3/c1-3-16(4-2)11(18)8-15-13(19)12-9(14)6-5-7-10(12)17/h5-7,17H,3-4,8H2,1-2H3,(H,15,19). The molecule has 0 radical (unpaired) electrons. The van der Waals surface area contributed by atoms with Crippen molar-refractivity contribution in [3.05, 3.63) is 29.6 Å². The third-order valence-electron chi connectivity index (χ3n) is 2.73. The van der Waals surface area contributed by atoms with Gasteiger partial charge in [-0.3, -0.25) is 9.59 Å². The van der Waals surface area contributed by atoms with Gasteiger partial charge >= 0.3 is 0 Å². The van der Waals surface area contributed by atoms with E-state index in [0.717, 1.165) is 6.07 Å². The van der Waals surface area contributed by atoms with Crippen LogP contribution in [0.1, 0.15) is 24.2 Å². The molecule has 0 spiro atoms. The molecule has 104 valence electrons. The summed E-state index contributed by atoms with van der Waals surface area (Å²) >= 11 is 0. The summed E-state index contributed by atoms with van der Waals surface area (Å²) in [4.78, 5) is 24.9. The fourth-order valence-corrected chi connectivity index (χ4v) is 1.67. The Morgan fingerprint density at radius 3 is 2.47 bits per heavy atom. The molecule has 0 aliphatic rings. The monoisotopic (exact) mass is 268 g/mol. The molecule has 0 saturated heterocycles. The fourth-order valence-electron chi connectivity index (χ4n) is 1.67. The van der Waals surface area contributed by atoms with Crippen LogP contribution in [0.3, 0.4) is 0 Å². The Kier molecular flexibility index (Phi) is 5.29. The van der Waals surface area contributed by atoms with Crippen LogP contribution >= 0.6 is 0 Å². The fraction of sp³-hybridized carbons (Fsp3) is 0.385. The van der Waals surface area contributed by atoms with Crippen molar-refractivity contribution < 1.29 is 19.1 Å². The smallest absolute Gasteiger partial charge is 0.258 e. The Balaban J connectivity index is 2.69. The van der Waals surface area contributed by atoms with Crippen LogP contribution in [0.4, 0.5) is 4.39 Å². The molecule has 2 amide bonds. The Hall–Kier alpha value is -2.11. The van der Waals surface area contributed by atoms with Crippen molar-refractivity contribution in [1.82, 2.24) is 10.2 Å². The molecular formula is C13H17FN2O3. The van der Waals surface area contributed by atoms with E-state index >= 15 is 0 Å². The predicted octanol–water partition coefficient (Wildman–Crippen LogP) is 1.13. The van der Waals surface area contributed by atoms with Crippen LogP contribution < -0.4 is 5.32 Å². The number of benzene rings is 1. The molecule has 0 heterocycles. The lowest BCUT2D eigenvalue weighted by molar-refractivity contribution is -0.129. The zero-order chi connectivity index (χ0) is 14.4. The Morgan fingerprint density at radius 1 is 1.32 bits per heavy atom. The topological polar surface area (TPSA) is 69.6 Å². The number of hydrogen-bond donors (Lipinski definition) is 2. The molecule has 1 aromatic rings. The summed E-state index contributed by atoms with van der Waals surface area (Å²) in [5.74, 6) is -2.34. The van der Waals surface area contributed by atoms with Crippen LogP contribution in [0, 0.1) is 5.82 Å². The Bertz CT molecular complexity index is 453. The van der Waals surface area contributed by atoms with Crippen LogP contribution in [-0.2, 0) is 4.79 Å². The van der Waals surface area contributed by atoms with E-state index in [9.17, 15) is 19.1 Å². The maximum Gasteiger partial charge on any atom is 0.258 e. The number of phenolic OH excluding ortho intramolecular Hbond substituents is 1. The van der Waals surface area contributed by atoms with E-state index in [0.29, 0.717) is 13.1 Å². The minimum atomic E-state index is -0.826. The molecule has 2 N–H and O–H groups in total. The van der Waals surface area contributed by atoms with Crippen molar-refractivity contribution in [1.29, 1.82) is 0 Å². The van der Waals surface area contributed by atoms with E-state index in [-0.39, 0.29) is 12.5 Å². The van der Waals surface area contributed by atoms with Gasteiger partial charge in [-0.05, 0) is 26.0 Å². The van der Waals surface area contributed by atoms with Crippen molar-refractivity contribution in [2.45, 2.75) is 13.8 Å². The number of carbonyl (C=O) groups is 2. The first-order valence-corrected chi connectivity index (χ1v) is 6.04. The molecule has 19 heavy (non-hydrogen) atoms. The molecule has 0 atom stereocenters. The van der Waals surface area contributed by atoms with Crippen LogP contribution in [0.15, 0.2) is 18.2 Å². The van der Waals surface area contributed by atoms with Crippen molar-refractivity contribution in [3.63, 3.8) is 0 Å². The van der Waals surface area contributed by atoms with Gasteiger partial charge in [-0.25, -0.2) is 4.39 Å². The minimum Gasteiger partial charge on any atom is -0.507 e. The molecule has 0 saturated carbocycles. The summed E-state index contributed by atoms with van der Waals surface area (Å²) in [6, 6.07) is 3.58. The molecule has 0 aromatic heterocycles. The largest absolute Gasteiger partial charge is 0.507 e. The number of phenols is 1. The summed E-state index contributed by atoms with van der Waals surface area (Å²) in [5, 5.41) is 11.7. The quantitative estimate of drug-likeness (QED) is 0.841. The van der Waals surface area contributed by atoms with Gasteiger partial charge in [-0.2, -0.15) is 0 Å². The van der Waals surface area contributed by atoms with Crippen LogP contribution in [-0.4, -0.2) is 41.5 Å². The zero-order valence-corrected chi connectivity index (χ0v) is 10.9. The third kappa shape index (κ3) is 3.67. The highest BCUT2D eigenvalue weighted by molar-refractivity contribution is 5.98. The number of carbonyl (C=O) groups excluding carboxylic acids is 2. The number of nitrogens with one attached hydrogen (secondary N) is 1. The van der Waals surface area contributed by atoms with Gasteiger partial charge in [0.05, 0.1) is 6.54 Å². The normalized spacial score (nSPS) is 10.1. The maximum atomic E-state index is 13.4. The summed E-state index contributed by atoms with van der Waals surface area (Å²) in [5.41, 5.74) is -0.449. The van der Waals surface area contributed by atoms with Gasteiger partial charge in [-0.1, -0.05) is 6.07 Å². The summed E-state index contributed by atoms with van der Waals surface area (Å²) < 4.78 is 13.4. The Labute approximate surface area is 111 Å². The number of rotatable bonds is 5. The number of hydrogen-bond acceptors (Lipinski definition) is 3. The lowest BCUT2D eigenvalue weighted by Crippen LogP contribution is -2.40.